The van der Waals surface area contributed by atoms with E-state index in [1.165, 1.54) is 30.8 Å². The molecule has 0 aliphatic carbocycles. The highest BCUT2D eigenvalue weighted by Gasteiger charge is 2.14. The van der Waals surface area contributed by atoms with E-state index in [9.17, 15) is 0 Å². The topological polar surface area (TPSA) is 9.23 Å². The number of hydrogen-bond acceptors (Lipinski definition) is 3. The molecular weight excluding hydrogens is 176 g/mol. The van der Waals surface area contributed by atoms with Gasteiger partial charge in [0.15, 0.2) is 0 Å². The van der Waals surface area contributed by atoms with Gasteiger partial charge >= 0.3 is 0 Å². The van der Waals surface area contributed by atoms with Gasteiger partial charge in [0.1, 0.15) is 0 Å². The van der Waals surface area contributed by atoms with Gasteiger partial charge in [0.25, 0.3) is 0 Å². The second-order valence-corrected chi connectivity index (χ2v) is 4.38. The van der Waals surface area contributed by atoms with Gasteiger partial charge in [0, 0.05) is 12.4 Å². The molecule has 3 heteroatoms. The summed E-state index contributed by atoms with van der Waals surface area (Å²) in [5, 5.41) is 0. The van der Waals surface area contributed by atoms with Gasteiger partial charge in [-0.15, -0.1) is 0 Å². The van der Waals surface area contributed by atoms with Gasteiger partial charge in [0.2, 0.25) is 0 Å². The Morgan fingerprint density at radius 3 is 3.09 bits per heavy atom. The fourth-order valence-electron chi connectivity index (χ4n) is 1.16. The molecule has 1 nitrogen and oxygen atoms in total. The lowest BCUT2D eigenvalue weighted by atomic mass is 10.3. The number of ether oxygens (including phenoxy) is 1. The Morgan fingerprint density at radius 1 is 1.55 bits per heavy atom. The summed E-state index contributed by atoms with van der Waals surface area (Å²) in [6.07, 6.45) is 4.31. The highest BCUT2D eigenvalue weighted by Crippen LogP contribution is 2.17. The molecule has 1 aliphatic rings. The average molecular weight is 192 g/mol. The quantitative estimate of drug-likeness (QED) is 0.528. The van der Waals surface area contributed by atoms with Gasteiger partial charge in [-0.25, -0.2) is 0 Å². The predicted octanol–water partition coefficient (Wildman–Crippen LogP) is 2.22. The van der Waals surface area contributed by atoms with Crippen LogP contribution in [0.1, 0.15) is 19.3 Å². The largest absolute Gasteiger partial charge is 0.377 e. The van der Waals surface area contributed by atoms with E-state index in [0.29, 0.717) is 6.10 Å². The van der Waals surface area contributed by atoms with Crippen molar-refractivity contribution in [2.75, 3.05) is 23.9 Å². The van der Waals surface area contributed by atoms with Crippen LogP contribution >= 0.6 is 24.4 Å². The minimum absolute atomic E-state index is 0.555. The molecular formula is C8H16OS2. The maximum atomic E-state index is 5.49. The molecule has 1 atom stereocenters. The Bertz CT molecular complexity index is 92.1. The summed E-state index contributed by atoms with van der Waals surface area (Å²) in [4.78, 5) is 0. The normalized spacial score (nSPS) is 24.3. The Morgan fingerprint density at radius 2 is 2.45 bits per heavy atom. The monoisotopic (exact) mass is 192 g/mol. The van der Waals surface area contributed by atoms with Crippen LogP contribution in [0.15, 0.2) is 0 Å². The lowest BCUT2D eigenvalue weighted by molar-refractivity contribution is 0.129. The molecule has 0 saturated carbocycles. The summed E-state index contributed by atoms with van der Waals surface area (Å²) < 4.78 is 5.49. The van der Waals surface area contributed by atoms with Crippen LogP contribution in [0.25, 0.3) is 0 Å². The lowest BCUT2D eigenvalue weighted by Crippen LogP contribution is -2.08. The summed E-state index contributed by atoms with van der Waals surface area (Å²) in [6, 6.07) is 0. The van der Waals surface area contributed by atoms with E-state index in [4.69, 9.17) is 4.74 Å². The molecule has 0 N–H and O–H groups in total. The van der Waals surface area contributed by atoms with Gasteiger partial charge in [-0.3, -0.25) is 0 Å². The molecule has 1 unspecified atom stereocenters. The van der Waals surface area contributed by atoms with Crippen LogP contribution < -0.4 is 0 Å². The highest BCUT2D eigenvalue weighted by molar-refractivity contribution is 7.99. The van der Waals surface area contributed by atoms with E-state index in [0.717, 1.165) is 12.4 Å². The van der Waals surface area contributed by atoms with Crippen LogP contribution in [0.3, 0.4) is 0 Å². The molecule has 1 aliphatic heterocycles. The second-order valence-electron chi connectivity index (χ2n) is 2.79. The van der Waals surface area contributed by atoms with Gasteiger partial charge in [-0.1, -0.05) is 0 Å². The number of rotatable bonds is 5. The van der Waals surface area contributed by atoms with Crippen molar-refractivity contribution in [3.63, 3.8) is 0 Å². The maximum Gasteiger partial charge on any atom is 0.0666 e. The fraction of sp³-hybridized carbons (Fsp3) is 1.00. The Hall–Kier alpha value is 0.660. The second kappa shape index (κ2) is 6.21. The van der Waals surface area contributed by atoms with Crippen LogP contribution in [-0.4, -0.2) is 30.0 Å². The molecule has 0 aromatic heterocycles. The minimum atomic E-state index is 0.555. The average Bonchev–Trinajstić information content (AvgIpc) is 2.50. The standard InChI is InChI=1S/C8H16OS2/c10-5-2-6-11-7-8-3-1-4-9-8/h8,10H,1-7H2. The lowest BCUT2D eigenvalue weighted by Gasteiger charge is -2.07. The molecule has 0 bridgehead atoms. The van der Waals surface area contributed by atoms with Crippen LogP contribution in [0.5, 0.6) is 0 Å². The molecule has 1 heterocycles. The first-order valence-electron chi connectivity index (χ1n) is 4.23. The Labute approximate surface area is 78.7 Å². The summed E-state index contributed by atoms with van der Waals surface area (Å²) >= 11 is 6.16. The summed E-state index contributed by atoms with van der Waals surface area (Å²) in [6.45, 7) is 0.984. The first kappa shape index (κ1) is 9.75. The van der Waals surface area contributed by atoms with Crippen molar-refractivity contribution in [2.45, 2.75) is 25.4 Å². The third kappa shape index (κ3) is 4.28. The maximum absolute atomic E-state index is 5.49. The summed E-state index contributed by atoms with van der Waals surface area (Å²) in [5.41, 5.74) is 0. The molecule has 11 heavy (non-hydrogen) atoms. The molecule has 1 fully saturated rings. The number of thioether (sulfide) groups is 1. The van der Waals surface area contributed by atoms with Crippen molar-refractivity contribution >= 4 is 24.4 Å². The fourth-order valence-corrected chi connectivity index (χ4v) is 2.57. The molecule has 0 spiro atoms. The predicted molar refractivity (Wildman–Crippen MR) is 54.8 cm³/mol. The zero-order chi connectivity index (χ0) is 7.94. The van der Waals surface area contributed by atoms with E-state index >= 15 is 0 Å². The van der Waals surface area contributed by atoms with Gasteiger partial charge in [-0.05, 0) is 30.8 Å². The van der Waals surface area contributed by atoms with Crippen molar-refractivity contribution in [2.24, 2.45) is 0 Å². The van der Waals surface area contributed by atoms with Gasteiger partial charge < -0.3 is 4.74 Å². The zero-order valence-electron chi connectivity index (χ0n) is 6.79. The third-order valence-corrected chi connectivity index (χ3v) is 3.28. The van der Waals surface area contributed by atoms with Crippen LogP contribution in [0.4, 0.5) is 0 Å². The van der Waals surface area contributed by atoms with E-state index in [1.54, 1.807) is 0 Å². The molecule has 66 valence electrons. The first-order chi connectivity index (χ1) is 5.43. The van der Waals surface area contributed by atoms with Crippen molar-refractivity contribution in [3.8, 4) is 0 Å². The number of hydrogen-bond donors (Lipinski definition) is 1. The van der Waals surface area contributed by atoms with E-state index < -0.39 is 0 Å². The molecule has 1 saturated heterocycles. The highest BCUT2D eigenvalue weighted by atomic mass is 32.2. The molecule has 0 amide bonds. The first-order valence-corrected chi connectivity index (χ1v) is 6.02. The van der Waals surface area contributed by atoms with Crippen molar-refractivity contribution in [1.82, 2.24) is 0 Å². The zero-order valence-corrected chi connectivity index (χ0v) is 8.50. The Balaban J connectivity index is 1.86. The summed E-state index contributed by atoms with van der Waals surface area (Å²) in [5.74, 6) is 3.44. The van der Waals surface area contributed by atoms with Crippen molar-refractivity contribution < 1.29 is 4.74 Å². The molecule has 0 aromatic carbocycles. The van der Waals surface area contributed by atoms with Gasteiger partial charge in [-0.2, -0.15) is 24.4 Å². The van der Waals surface area contributed by atoms with Gasteiger partial charge in [0.05, 0.1) is 6.10 Å². The van der Waals surface area contributed by atoms with E-state index in [2.05, 4.69) is 12.6 Å². The smallest absolute Gasteiger partial charge is 0.0666 e. The minimum Gasteiger partial charge on any atom is -0.377 e. The van der Waals surface area contributed by atoms with Crippen molar-refractivity contribution in [1.29, 1.82) is 0 Å². The molecule has 0 aromatic rings. The third-order valence-electron chi connectivity index (χ3n) is 1.77. The Kier molecular flexibility index (Phi) is 5.50. The molecule has 0 radical (unpaired) electrons. The number of thiol groups is 1. The van der Waals surface area contributed by atoms with Crippen molar-refractivity contribution in [3.05, 3.63) is 0 Å². The van der Waals surface area contributed by atoms with E-state index in [1.807, 2.05) is 11.8 Å². The van der Waals surface area contributed by atoms with Crippen LogP contribution in [0, 0.1) is 0 Å². The SMILES string of the molecule is SCCCSCC1CCCO1. The molecule has 1 rings (SSSR count). The van der Waals surface area contributed by atoms with Crippen LogP contribution in [0.2, 0.25) is 0 Å². The summed E-state index contributed by atoms with van der Waals surface area (Å²) in [7, 11) is 0. The van der Waals surface area contributed by atoms with E-state index in [-0.39, 0.29) is 0 Å². The van der Waals surface area contributed by atoms with Crippen LogP contribution in [-0.2, 0) is 4.74 Å².